The van der Waals surface area contributed by atoms with E-state index in [4.69, 9.17) is 0 Å². The molecule has 0 bridgehead atoms. The van der Waals surface area contributed by atoms with Gasteiger partial charge in [0.2, 0.25) is 0 Å². The average Bonchev–Trinajstić information content (AvgIpc) is 2.51. The number of aliphatic hydroxyl groups excluding tert-OH is 1. The molecule has 6 nitrogen and oxygen atoms in total. The molecule has 0 aromatic heterocycles. The van der Waals surface area contributed by atoms with E-state index in [0.717, 1.165) is 5.56 Å². The minimum atomic E-state index is -2.97. The quantitative estimate of drug-likeness (QED) is 0.282. The van der Waals surface area contributed by atoms with Crippen molar-refractivity contribution in [1.29, 1.82) is 0 Å². The van der Waals surface area contributed by atoms with Crippen LogP contribution in [0.2, 0.25) is 0 Å². The van der Waals surface area contributed by atoms with Crippen LogP contribution in [0.1, 0.15) is 25.8 Å². The summed E-state index contributed by atoms with van der Waals surface area (Å²) in [5.41, 5.74) is 1.07. The number of nitrogens with one attached hydrogen (secondary N) is 2. The van der Waals surface area contributed by atoms with Crippen LogP contribution in [0.4, 0.5) is 0 Å². The molecule has 2 unspecified atom stereocenters. The maximum atomic E-state index is 11.2. The Kier molecular flexibility index (Phi) is 12.0. The highest BCUT2D eigenvalue weighted by atomic mass is 127. The minimum Gasteiger partial charge on any atom is -0.391 e. The highest BCUT2D eigenvalue weighted by Gasteiger charge is 2.10. The topological polar surface area (TPSA) is 90.8 Å². The molecule has 0 aliphatic rings. The fourth-order valence-electron chi connectivity index (χ4n) is 2.16. The zero-order valence-corrected chi connectivity index (χ0v) is 18.3. The first-order valence-electron chi connectivity index (χ1n) is 8.24. The van der Waals surface area contributed by atoms with Crippen molar-refractivity contribution in [1.82, 2.24) is 10.6 Å². The van der Waals surface area contributed by atoms with E-state index in [0.29, 0.717) is 25.3 Å². The molecule has 25 heavy (non-hydrogen) atoms. The number of nitrogens with zero attached hydrogens (tertiary/aromatic N) is 1. The zero-order valence-electron chi connectivity index (χ0n) is 15.1. The van der Waals surface area contributed by atoms with Gasteiger partial charge in [-0.3, -0.25) is 4.99 Å². The van der Waals surface area contributed by atoms with Crippen molar-refractivity contribution < 1.29 is 13.5 Å². The first kappa shape index (κ1) is 24.1. The van der Waals surface area contributed by atoms with Gasteiger partial charge in [-0.05, 0) is 25.8 Å². The van der Waals surface area contributed by atoms with Gasteiger partial charge in [0.05, 0.1) is 18.4 Å². The van der Waals surface area contributed by atoms with Crippen molar-refractivity contribution in [2.24, 2.45) is 4.99 Å². The van der Waals surface area contributed by atoms with Gasteiger partial charge in [0.25, 0.3) is 0 Å². The Morgan fingerprint density at radius 2 is 1.92 bits per heavy atom. The second-order valence-corrected chi connectivity index (χ2v) is 8.29. The molecule has 0 radical (unpaired) electrons. The lowest BCUT2D eigenvalue weighted by atomic mass is 10.1. The van der Waals surface area contributed by atoms with Gasteiger partial charge in [-0.1, -0.05) is 30.3 Å². The molecule has 0 fully saturated rings. The fraction of sp³-hybridized carbons (Fsp3) is 0.588. The Balaban J connectivity index is 0.00000576. The molecule has 0 amide bonds. The van der Waals surface area contributed by atoms with Crippen molar-refractivity contribution in [3.05, 3.63) is 35.9 Å². The third kappa shape index (κ3) is 12.2. The monoisotopic (exact) mass is 483 g/mol. The van der Waals surface area contributed by atoms with Crippen LogP contribution in [-0.4, -0.2) is 56.7 Å². The highest BCUT2D eigenvalue weighted by Crippen LogP contribution is 2.03. The number of sulfone groups is 1. The molecule has 0 heterocycles. The van der Waals surface area contributed by atoms with Gasteiger partial charge >= 0.3 is 0 Å². The number of benzene rings is 1. The molecular weight excluding hydrogens is 453 g/mol. The van der Waals surface area contributed by atoms with Gasteiger partial charge in [0.1, 0.15) is 9.84 Å². The van der Waals surface area contributed by atoms with E-state index < -0.39 is 15.9 Å². The Labute approximate surface area is 168 Å². The van der Waals surface area contributed by atoms with Gasteiger partial charge in [-0.25, -0.2) is 8.42 Å². The molecule has 2 atom stereocenters. The fourth-order valence-corrected chi connectivity index (χ4v) is 2.95. The molecule has 0 aliphatic heterocycles. The van der Waals surface area contributed by atoms with Gasteiger partial charge in [-0.15, -0.1) is 24.0 Å². The Morgan fingerprint density at radius 1 is 1.28 bits per heavy atom. The lowest BCUT2D eigenvalue weighted by molar-refractivity contribution is 0.183. The molecule has 8 heteroatoms. The number of aliphatic imine (C=N–C) groups is 1. The molecule has 1 aromatic carbocycles. The summed E-state index contributed by atoms with van der Waals surface area (Å²) in [6.07, 6.45) is 1.73. The van der Waals surface area contributed by atoms with Crippen molar-refractivity contribution in [3.63, 3.8) is 0 Å². The summed E-state index contributed by atoms with van der Waals surface area (Å²) < 4.78 is 22.5. The Morgan fingerprint density at radius 3 is 2.48 bits per heavy atom. The molecule has 0 saturated heterocycles. The van der Waals surface area contributed by atoms with E-state index >= 15 is 0 Å². The maximum Gasteiger partial charge on any atom is 0.191 e. The standard InChI is InChI=1S/C17H29N3O3S.HI/c1-4-18-17(20-14(2)10-11-24(3,22)23)19-13-16(21)12-15-8-6-5-7-9-15;/h5-9,14,16,21H,4,10-13H2,1-3H3,(H2,18,19,20);1H. The van der Waals surface area contributed by atoms with E-state index in [2.05, 4.69) is 15.6 Å². The summed E-state index contributed by atoms with van der Waals surface area (Å²) in [7, 11) is -2.97. The predicted octanol–water partition coefficient (Wildman–Crippen LogP) is 1.59. The summed E-state index contributed by atoms with van der Waals surface area (Å²) in [6, 6.07) is 9.76. The van der Waals surface area contributed by atoms with Gasteiger partial charge < -0.3 is 15.7 Å². The van der Waals surface area contributed by atoms with Crippen molar-refractivity contribution in [2.75, 3.05) is 25.1 Å². The van der Waals surface area contributed by atoms with Crippen LogP contribution >= 0.6 is 24.0 Å². The number of hydrogen-bond donors (Lipinski definition) is 3. The number of aliphatic hydroxyl groups is 1. The van der Waals surface area contributed by atoms with Crippen LogP contribution < -0.4 is 10.6 Å². The smallest absolute Gasteiger partial charge is 0.191 e. The highest BCUT2D eigenvalue weighted by molar-refractivity contribution is 14.0. The first-order valence-corrected chi connectivity index (χ1v) is 10.3. The second-order valence-electron chi connectivity index (χ2n) is 6.03. The van der Waals surface area contributed by atoms with Crippen molar-refractivity contribution in [2.45, 2.75) is 38.8 Å². The SMILES string of the molecule is CCNC(=NCC(O)Cc1ccccc1)NC(C)CCS(C)(=O)=O.I. The molecule has 0 aliphatic carbocycles. The number of hydrogen-bond acceptors (Lipinski definition) is 4. The first-order chi connectivity index (χ1) is 11.3. The lowest BCUT2D eigenvalue weighted by Gasteiger charge is -2.18. The third-order valence-electron chi connectivity index (χ3n) is 3.42. The van der Waals surface area contributed by atoms with Crippen LogP contribution in [0, 0.1) is 0 Å². The predicted molar refractivity (Wildman–Crippen MR) is 114 cm³/mol. The molecule has 1 aromatic rings. The maximum absolute atomic E-state index is 11.2. The Hall–Kier alpha value is -0.870. The molecular formula is C17H30IN3O3S. The summed E-state index contributed by atoms with van der Waals surface area (Å²) in [5, 5.41) is 16.4. The van der Waals surface area contributed by atoms with Crippen molar-refractivity contribution >= 4 is 39.8 Å². The average molecular weight is 483 g/mol. The minimum absolute atomic E-state index is 0. The molecule has 3 N–H and O–H groups in total. The van der Waals surface area contributed by atoms with Gasteiger partial charge in [0.15, 0.2) is 5.96 Å². The molecule has 0 saturated carbocycles. The van der Waals surface area contributed by atoms with Crippen LogP contribution in [0.5, 0.6) is 0 Å². The zero-order chi connectivity index (χ0) is 18.0. The summed E-state index contributed by atoms with van der Waals surface area (Å²) in [5.74, 6) is 0.725. The number of guanidine groups is 1. The lowest BCUT2D eigenvalue weighted by Crippen LogP contribution is -2.43. The van der Waals surface area contributed by atoms with E-state index in [1.165, 1.54) is 6.26 Å². The van der Waals surface area contributed by atoms with E-state index in [9.17, 15) is 13.5 Å². The second kappa shape index (κ2) is 12.5. The Bertz CT molecular complexity index is 609. The summed E-state index contributed by atoms with van der Waals surface area (Å²) in [4.78, 5) is 4.39. The van der Waals surface area contributed by atoms with Crippen LogP contribution in [-0.2, 0) is 16.3 Å². The van der Waals surface area contributed by atoms with Crippen LogP contribution in [0.3, 0.4) is 0 Å². The van der Waals surface area contributed by atoms with Crippen LogP contribution in [0.15, 0.2) is 35.3 Å². The summed E-state index contributed by atoms with van der Waals surface area (Å²) >= 11 is 0. The number of rotatable bonds is 9. The summed E-state index contributed by atoms with van der Waals surface area (Å²) in [6.45, 7) is 4.85. The van der Waals surface area contributed by atoms with Crippen LogP contribution in [0.25, 0.3) is 0 Å². The van der Waals surface area contributed by atoms with Gasteiger partial charge in [0, 0.05) is 25.3 Å². The molecule has 0 spiro atoms. The van der Waals surface area contributed by atoms with Gasteiger partial charge in [-0.2, -0.15) is 0 Å². The molecule has 1 rings (SSSR count). The normalized spacial score (nSPS) is 14.3. The largest absolute Gasteiger partial charge is 0.391 e. The molecule has 144 valence electrons. The third-order valence-corrected chi connectivity index (χ3v) is 4.40. The van der Waals surface area contributed by atoms with E-state index in [-0.39, 0.29) is 42.3 Å². The van der Waals surface area contributed by atoms with E-state index in [1.807, 2.05) is 44.2 Å². The van der Waals surface area contributed by atoms with E-state index in [1.54, 1.807) is 0 Å². The van der Waals surface area contributed by atoms with Crippen molar-refractivity contribution in [3.8, 4) is 0 Å². The number of halogens is 1.